The summed E-state index contributed by atoms with van der Waals surface area (Å²) >= 11 is 1.13. The summed E-state index contributed by atoms with van der Waals surface area (Å²) in [4.78, 5) is 23.5. The predicted octanol–water partition coefficient (Wildman–Crippen LogP) is 2.39. The Balaban J connectivity index is 4.80. The fourth-order valence-electron chi connectivity index (χ4n) is 1.71. The molecule has 0 aliphatic rings. The monoisotopic (exact) mass is 276 g/mol. The molecule has 0 fully saturated rings. The Bertz CT molecular complexity index is 307. The standard InChI is InChI=1S/C13H24O4S/c1-9(2)7-13(16,11(15)17-6)8-10(14)18-12(3,4)5/h9,16H,7-8H2,1-6H3/t13-/m0/s1. The lowest BCUT2D eigenvalue weighted by molar-refractivity contribution is -0.165. The lowest BCUT2D eigenvalue weighted by atomic mass is 9.90. The summed E-state index contributed by atoms with van der Waals surface area (Å²) in [5.74, 6) is -0.638. The van der Waals surface area contributed by atoms with Gasteiger partial charge in [-0.15, -0.1) is 0 Å². The fraction of sp³-hybridized carbons (Fsp3) is 0.846. The number of carbonyl (C=O) groups excluding carboxylic acids is 2. The van der Waals surface area contributed by atoms with Crippen LogP contribution in [0.4, 0.5) is 0 Å². The zero-order valence-electron chi connectivity index (χ0n) is 12.1. The van der Waals surface area contributed by atoms with Gasteiger partial charge in [0.25, 0.3) is 0 Å². The molecule has 0 aliphatic carbocycles. The van der Waals surface area contributed by atoms with Crippen molar-refractivity contribution in [3.8, 4) is 0 Å². The Morgan fingerprint density at radius 3 is 2.11 bits per heavy atom. The quantitative estimate of drug-likeness (QED) is 0.781. The fourth-order valence-corrected chi connectivity index (χ4v) is 2.70. The van der Waals surface area contributed by atoms with Crippen molar-refractivity contribution in [1.29, 1.82) is 0 Å². The van der Waals surface area contributed by atoms with E-state index in [9.17, 15) is 14.7 Å². The minimum atomic E-state index is -1.71. The van der Waals surface area contributed by atoms with Gasteiger partial charge >= 0.3 is 5.97 Å². The van der Waals surface area contributed by atoms with E-state index in [-0.39, 0.29) is 28.6 Å². The van der Waals surface area contributed by atoms with Gasteiger partial charge in [0.2, 0.25) is 0 Å². The number of ether oxygens (including phenoxy) is 1. The van der Waals surface area contributed by atoms with E-state index in [2.05, 4.69) is 4.74 Å². The third-order valence-electron chi connectivity index (χ3n) is 2.17. The molecule has 0 bridgehead atoms. The van der Waals surface area contributed by atoms with Crippen LogP contribution in [0.25, 0.3) is 0 Å². The van der Waals surface area contributed by atoms with Gasteiger partial charge in [-0.3, -0.25) is 4.79 Å². The second-order valence-electron chi connectivity index (χ2n) is 5.88. The van der Waals surface area contributed by atoms with Crippen molar-refractivity contribution in [1.82, 2.24) is 0 Å². The number of esters is 1. The van der Waals surface area contributed by atoms with Gasteiger partial charge in [0, 0.05) is 4.75 Å². The molecule has 0 heterocycles. The van der Waals surface area contributed by atoms with Crippen LogP contribution in [0.15, 0.2) is 0 Å². The van der Waals surface area contributed by atoms with Crippen LogP contribution in [-0.2, 0) is 14.3 Å². The highest BCUT2D eigenvalue weighted by Gasteiger charge is 2.40. The molecule has 106 valence electrons. The molecule has 0 aliphatic heterocycles. The molecule has 0 unspecified atom stereocenters. The molecule has 0 radical (unpaired) electrons. The minimum Gasteiger partial charge on any atom is -0.467 e. The second kappa shape index (κ2) is 6.57. The zero-order valence-corrected chi connectivity index (χ0v) is 12.9. The maximum Gasteiger partial charge on any atom is 0.338 e. The minimum absolute atomic E-state index is 0.0986. The predicted molar refractivity (Wildman–Crippen MR) is 73.4 cm³/mol. The topological polar surface area (TPSA) is 63.6 Å². The normalized spacial score (nSPS) is 15.3. The molecule has 1 atom stereocenters. The van der Waals surface area contributed by atoms with Crippen LogP contribution in [0.2, 0.25) is 0 Å². The van der Waals surface area contributed by atoms with Gasteiger partial charge in [0.05, 0.1) is 13.5 Å². The summed E-state index contributed by atoms with van der Waals surface area (Å²) in [7, 11) is 1.22. The third-order valence-corrected chi connectivity index (χ3v) is 3.15. The highest BCUT2D eigenvalue weighted by atomic mass is 32.2. The van der Waals surface area contributed by atoms with Crippen molar-refractivity contribution < 1.29 is 19.4 Å². The lowest BCUT2D eigenvalue weighted by Gasteiger charge is -2.27. The first kappa shape index (κ1) is 17.4. The van der Waals surface area contributed by atoms with Crippen molar-refractivity contribution in [3.63, 3.8) is 0 Å². The summed E-state index contributed by atoms with van der Waals surface area (Å²) in [5.41, 5.74) is -1.71. The van der Waals surface area contributed by atoms with Gasteiger partial charge in [-0.2, -0.15) is 0 Å². The maximum absolute atomic E-state index is 11.9. The summed E-state index contributed by atoms with van der Waals surface area (Å²) in [6, 6.07) is 0. The van der Waals surface area contributed by atoms with Gasteiger partial charge in [-0.25, -0.2) is 4.79 Å². The first-order valence-electron chi connectivity index (χ1n) is 6.03. The average Bonchev–Trinajstić information content (AvgIpc) is 2.11. The van der Waals surface area contributed by atoms with Gasteiger partial charge in [-0.1, -0.05) is 46.4 Å². The number of hydrogen-bond donors (Lipinski definition) is 1. The molecule has 0 saturated carbocycles. The first-order valence-corrected chi connectivity index (χ1v) is 6.84. The Hall–Kier alpha value is -0.550. The Kier molecular flexibility index (Phi) is 6.37. The van der Waals surface area contributed by atoms with E-state index < -0.39 is 11.6 Å². The Morgan fingerprint density at radius 2 is 1.78 bits per heavy atom. The lowest BCUT2D eigenvalue weighted by Crippen LogP contribution is -2.42. The van der Waals surface area contributed by atoms with Crippen LogP contribution < -0.4 is 0 Å². The third kappa shape index (κ3) is 6.40. The second-order valence-corrected chi connectivity index (χ2v) is 7.77. The van der Waals surface area contributed by atoms with Crippen molar-refractivity contribution in [2.75, 3.05) is 7.11 Å². The summed E-state index contributed by atoms with van der Waals surface area (Å²) in [6.45, 7) is 9.50. The summed E-state index contributed by atoms with van der Waals surface area (Å²) in [6.07, 6.45) is 0.00983. The van der Waals surface area contributed by atoms with Crippen molar-refractivity contribution in [3.05, 3.63) is 0 Å². The zero-order chi connectivity index (χ0) is 14.6. The van der Waals surface area contributed by atoms with Crippen LogP contribution >= 0.6 is 11.8 Å². The van der Waals surface area contributed by atoms with E-state index in [4.69, 9.17) is 0 Å². The van der Waals surface area contributed by atoms with Crippen molar-refractivity contribution >= 4 is 22.8 Å². The van der Waals surface area contributed by atoms with Gasteiger partial charge < -0.3 is 9.84 Å². The molecular weight excluding hydrogens is 252 g/mol. The molecular formula is C13H24O4S. The van der Waals surface area contributed by atoms with Crippen molar-refractivity contribution in [2.45, 2.75) is 57.8 Å². The van der Waals surface area contributed by atoms with E-state index in [0.717, 1.165) is 11.8 Å². The van der Waals surface area contributed by atoms with E-state index >= 15 is 0 Å². The van der Waals surface area contributed by atoms with Gasteiger partial charge in [0.15, 0.2) is 10.7 Å². The van der Waals surface area contributed by atoms with Gasteiger partial charge in [0.1, 0.15) is 0 Å². The number of rotatable bonds is 5. The molecule has 18 heavy (non-hydrogen) atoms. The summed E-state index contributed by atoms with van der Waals surface area (Å²) < 4.78 is 4.37. The molecule has 0 aromatic carbocycles. The highest BCUT2D eigenvalue weighted by molar-refractivity contribution is 8.14. The van der Waals surface area contributed by atoms with Crippen LogP contribution in [0.3, 0.4) is 0 Å². The van der Waals surface area contributed by atoms with Crippen molar-refractivity contribution in [2.24, 2.45) is 5.92 Å². The van der Waals surface area contributed by atoms with Crippen LogP contribution in [-0.4, -0.2) is 33.6 Å². The van der Waals surface area contributed by atoms with E-state index in [0.29, 0.717) is 0 Å². The number of carbonyl (C=O) groups is 2. The largest absolute Gasteiger partial charge is 0.467 e. The number of methoxy groups -OCH3 is 1. The summed E-state index contributed by atoms with van der Waals surface area (Å²) in [5, 5.41) is 10.1. The molecule has 0 rings (SSSR count). The smallest absolute Gasteiger partial charge is 0.338 e. The van der Waals surface area contributed by atoms with Crippen LogP contribution in [0.5, 0.6) is 0 Å². The molecule has 1 N–H and O–H groups in total. The maximum atomic E-state index is 11.9. The number of aliphatic hydroxyl groups is 1. The van der Waals surface area contributed by atoms with Crippen LogP contribution in [0, 0.1) is 5.92 Å². The first-order chi connectivity index (χ1) is 8.00. The highest BCUT2D eigenvalue weighted by Crippen LogP contribution is 2.30. The van der Waals surface area contributed by atoms with E-state index in [1.165, 1.54) is 7.11 Å². The molecule has 0 saturated heterocycles. The molecule has 4 nitrogen and oxygen atoms in total. The average molecular weight is 276 g/mol. The molecule has 0 aromatic rings. The molecule has 5 heteroatoms. The van der Waals surface area contributed by atoms with Gasteiger partial charge in [-0.05, 0) is 12.3 Å². The molecule has 0 amide bonds. The number of thioether (sulfide) groups is 1. The SMILES string of the molecule is COC(=O)[C@@](O)(CC(=O)SC(C)(C)C)CC(C)C. The Morgan fingerprint density at radius 1 is 1.28 bits per heavy atom. The van der Waals surface area contributed by atoms with E-state index in [1.54, 1.807) is 0 Å². The molecule has 0 aromatic heterocycles. The Labute approximate surface area is 113 Å². The van der Waals surface area contributed by atoms with E-state index in [1.807, 2.05) is 34.6 Å². The molecule has 0 spiro atoms. The number of hydrogen-bond acceptors (Lipinski definition) is 5. The van der Waals surface area contributed by atoms with Crippen LogP contribution in [0.1, 0.15) is 47.5 Å².